The summed E-state index contributed by atoms with van der Waals surface area (Å²) in [5.41, 5.74) is 0.918. The summed E-state index contributed by atoms with van der Waals surface area (Å²) in [5, 5.41) is 4.62. The number of carbonyl (C=O) groups is 2. The molecule has 2 rings (SSSR count). The quantitative estimate of drug-likeness (QED) is 0.689. The Bertz CT molecular complexity index is 685. The molecule has 0 saturated carbocycles. The van der Waals surface area contributed by atoms with E-state index < -0.39 is 12.0 Å². The van der Waals surface area contributed by atoms with Gasteiger partial charge < -0.3 is 10.1 Å². The Morgan fingerprint density at radius 3 is 2.50 bits per heavy atom. The summed E-state index contributed by atoms with van der Waals surface area (Å²) in [6.07, 6.45) is 0.530. The highest BCUT2D eigenvalue weighted by atomic mass is 79.9. The van der Waals surface area contributed by atoms with Crippen molar-refractivity contribution < 1.29 is 14.3 Å². The number of carbonyl (C=O) groups excluding carboxylic acids is 2. The van der Waals surface area contributed by atoms with Crippen LogP contribution in [0.5, 0.6) is 0 Å². The number of nitrogens with one attached hydrogen (secondary N) is 1. The molecule has 0 saturated heterocycles. The van der Waals surface area contributed by atoms with Gasteiger partial charge in [0.2, 0.25) is 0 Å². The van der Waals surface area contributed by atoms with Crippen LogP contribution in [0.25, 0.3) is 0 Å². The van der Waals surface area contributed by atoms with Crippen molar-refractivity contribution in [1.82, 2.24) is 5.32 Å². The third-order valence-electron chi connectivity index (χ3n) is 3.34. The van der Waals surface area contributed by atoms with Crippen LogP contribution in [0.1, 0.15) is 35.5 Å². The molecule has 0 aliphatic carbocycles. The minimum atomic E-state index is -0.657. The first-order valence-corrected chi connectivity index (χ1v) is 9.39. The highest BCUT2D eigenvalue weighted by Gasteiger charge is 2.25. The molecule has 6 heteroatoms. The number of halogens is 1. The molecule has 1 aromatic carbocycles. The maximum Gasteiger partial charge on any atom is 0.328 e. The molecule has 1 amide bonds. The van der Waals surface area contributed by atoms with Gasteiger partial charge in [0, 0.05) is 4.47 Å². The molecule has 0 spiro atoms. The van der Waals surface area contributed by atoms with E-state index in [2.05, 4.69) is 21.2 Å². The van der Waals surface area contributed by atoms with Crippen LogP contribution in [0.2, 0.25) is 0 Å². The highest BCUT2D eigenvalue weighted by molar-refractivity contribution is 9.10. The summed E-state index contributed by atoms with van der Waals surface area (Å²) < 4.78 is 6.11. The van der Waals surface area contributed by atoms with Gasteiger partial charge in [0.25, 0.3) is 5.91 Å². The minimum absolute atomic E-state index is 0.201. The summed E-state index contributed by atoms with van der Waals surface area (Å²) in [5.74, 6) is -0.417. The van der Waals surface area contributed by atoms with E-state index >= 15 is 0 Å². The van der Waals surface area contributed by atoms with Gasteiger partial charge in [0.15, 0.2) is 0 Å². The van der Waals surface area contributed by atoms with Crippen LogP contribution in [0.15, 0.2) is 46.3 Å². The van der Waals surface area contributed by atoms with Crippen LogP contribution in [-0.4, -0.2) is 17.9 Å². The Kier molecular flexibility index (Phi) is 6.99. The van der Waals surface area contributed by atoms with Gasteiger partial charge in [-0.15, -0.1) is 11.3 Å². The number of ether oxygens (including phenoxy) is 1. The Morgan fingerprint density at radius 2 is 1.92 bits per heavy atom. The van der Waals surface area contributed by atoms with Crippen molar-refractivity contribution in [3.63, 3.8) is 0 Å². The first-order chi connectivity index (χ1) is 11.5. The van der Waals surface area contributed by atoms with Crippen LogP contribution >= 0.6 is 27.3 Å². The largest absolute Gasteiger partial charge is 0.459 e. The van der Waals surface area contributed by atoms with E-state index in [0.29, 0.717) is 11.3 Å². The van der Waals surface area contributed by atoms with Gasteiger partial charge in [-0.05, 0) is 45.3 Å². The number of esters is 1. The van der Waals surface area contributed by atoms with Gasteiger partial charge in [0.1, 0.15) is 17.5 Å². The van der Waals surface area contributed by atoms with Crippen molar-refractivity contribution in [1.29, 1.82) is 0 Å². The van der Waals surface area contributed by atoms with Gasteiger partial charge in [-0.3, -0.25) is 4.79 Å². The number of benzene rings is 1. The standard InChI is InChI=1S/C18H20BrNO3S/c1-12(2)10-15(20-17(21)16-14(19)8-9-24-16)18(22)23-11-13-6-4-3-5-7-13/h3-9,12,15H,10-11H2,1-2H3,(H,20,21)/t15-/m0/s1. The van der Waals surface area contributed by atoms with Crippen molar-refractivity contribution in [3.8, 4) is 0 Å². The van der Waals surface area contributed by atoms with E-state index in [1.807, 2.05) is 55.6 Å². The van der Waals surface area contributed by atoms with Gasteiger partial charge in [-0.1, -0.05) is 44.2 Å². The zero-order valence-electron chi connectivity index (χ0n) is 13.6. The Hall–Kier alpha value is -1.66. The van der Waals surface area contributed by atoms with E-state index in [-0.39, 0.29) is 18.4 Å². The van der Waals surface area contributed by atoms with Crippen LogP contribution in [0, 0.1) is 5.92 Å². The lowest BCUT2D eigenvalue weighted by atomic mass is 10.0. The lowest BCUT2D eigenvalue weighted by Gasteiger charge is -2.19. The average Bonchev–Trinajstić information content (AvgIpc) is 2.98. The second-order valence-electron chi connectivity index (χ2n) is 5.85. The molecule has 1 aromatic heterocycles. The second-order valence-corrected chi connectivity index (χ2v) is 7.62. The van der Waals surface area contributed by atoms with Crippen molar-refractivity contribution in [2.24, 2.45) is 5.92 Å². The third kappa shape index (κ3) is 5.46. The third-order valence-corrected chi connectivity index (χ3v) is 5.18. The molecule has 0 unspecified atom stereocenters. The molecule has 1 atom stereocenters. The molecule has 128 valence electrons. The summed E-state index contributed by atoms with van der Waals surface area (Å²) in [7, 11) is 0. The number of amides is 1. The molecule has 0 aliphatic rings. The van der Waals surface area contributed by atoms with Crippen molar-refractivity contribution in [3.05, 3.63) is 56.7 Å². The van der Waals surface area contributed by atoms with E-state index in [4.69, 9.17) is 4.74 Å². The van der Waals surface area contributed by atoms with Gasteiger partial charge in [-0.25, -0.2) is 4.79 Å². The molecule has 2 aromatic rings. The monoisotopic (exact) mass is 409 g/mol. The van der Waals surface area contributed by atoms with Crippen molar-refractivity contribution >= 4 is 39.1 Å². The fraction of sp³-hybridized carbons (Fsp3) is 0.333. The number of hydrogen-bond donors (Lipinski definition) is 1. The topological polar surface area (TPSA) is 55.4 Å². The van der Waals surface area contributed by atoms with Gasteiger partial charge >= 0.3 is 5.97 Å². The molecule has 1 heterocycles. The summed E-state index contributed by atoms with van der Waals surface area (Å²) in [4.78, 5) is 25.3. The fourth-order valence-corrected chi connectivity index (χ4v) is 3.65. The van der Waals surface area contributed by atoms with Crippen LogP contribution in [0.4, 0.5) is 0 Å². The van der Waals surface area contributed by atoms with Gasteiger partial charge in [-0.2, -0.15) is 0 Å². The van der Waals surface area contributed by atoms with Crippen LogP contribution < -0.4 is 5.32 Å². The molecular weight excluding hydrogens is 390 g/mol. The SMILES string of the molecule is CC(C)C[C@H](NC(=O)c1sccc1Br)C(=O)OCc1ccccc1. The summed E-state index contributed by atoms with van der Waals surface area (Å²) in [6, 6.07) is 10.6. The fourth-order valence-electron chi connectivity index (χ4n) is 2.19. The zero-order valence-corrected chi connectivity index (χ0v) is 16.0. The van der Waals surface area contributed by atoms with E-state index in [1.165, 1.54) is 11.3 Å². The smallest absolute Gasteiger partial charge is 0.328 e. The first kappa shape index (κ1) is 18.7. The molecule has 0 bridgehead atoms. The minimum Gasteiger partial charge on any atom is -0.459 e. The van der Waals surface area contributed by atoms with E-state index in [9.17, 15) is 9.59 Å². The van der Waals surface area contributed by atoms with Gasteiger partial charge in [0.05, 0.1) is 0 Å². The molecule has 1 N–H and O–H groups in total. The first-order valence-electron chi connectivity index (χ1n) is 7.71. The molecular formula is C18H20BrNO3S. The lowest BCUT2D eigenvalue weighted by Crippen LogP contribution is -2.42. The van der Waals surface area contributed by atoms with Crippen LogP contribution in [0.3, 0.4) is 0 Å². The second kappa shape index (κ2) is 8.99. The zero-order chi connectivity index (χ0) is 17.5. The predicted octanol–water partition coefficient (Wildman–Crippen LogP) is 4.40. The normalized spacial score (nSPS) is 12.0. The van der Waals surface area contributed by atoms with Crippen LogP contribution in [-0.2, 0) is 16.1 Å². The van der Waals surface area contributed by atoms with E-state index in [0.717, 1.165) is 10.0 Å². The Labute approximate surface area is 154 Å². The summed E-state index contributed by atoms with van der Waals surface area (Å²) in [6.45, 7) is 4.21. The highest BCUT2D eigenvalue weighted by Crippen LogP contribution is 2.22. The molecule has 0 aliphatic heterocycles. The number of hydrogen-bond acceptors (Lipinski definition) is 4. The summed E-state index contributed by atoms with van der Waals surface area (Å²) >= 11 is 4.67. The van der Waals surface area contributed by atoms with E-state index in [1.54, 1.807) is 0 Å². The number of rotatable bonds is 7. The Balaban J connectivity index is 2.00. The molecule has 4 nitrogen and oxygen atoms in total. The van der Waals surface area contributed by atoms with Crippen molar-refractivity contribution in [2.45, 2.75) is 32.9 Å². The maximum absolute atomic E-state index is 12.4. The number of thiophene rings is 1. The molecule has 0 radical (unpaired) electrons. The predicted molar refractivity (Wildman–Crippen MR) is 99.0 cm³/mol. The molecule has 0 fully saturated rings. The maximum atomic E-state index is 12.4. The van der Waals surface area contributed by atoms with Crippen molar-refractivity contribution in [2.75, 3.05) is 0 Å². The average molecular weight is 410 g/mol. The Morgan fingerprint density at radius 1 is 1.21 bits per heavy atom. The molecule has 24 heavy (non-hydrogen) atoms. The lowest BCUT2D eigenvalue weighted by molar-refractivity contribution is -0.147.